The van der Waals surface area contributed by atoms with Crippen LogP contribution in [0.2, 0.25) is 5.02 Å². The maximum Gasteiger partial charge on any atom is 0.274 e. The first-order valence-electron chi connectivity index (χ1n) is 5.88. The lowest BCUT2D eigenvalue weighted by atomic mass is 10.2. The van der Waals surface area contributed by atoms with E-state index in [2.05, 4.69) is 9.97 Å². The Kier molecular flexibility index (Phi) is 7.26. The van der Waals surface area contributed by atoms with Crippen LogP contribution in [0.5, 0.6) is 0 Å². The van der Waals surface area contributed by atoms with Gasteiger partial charge in [0, 0.05) is 25.6 Å². The first-order chi connectivity index (χ1) is 8.38. The van der Waals surface area contributed by atoms with Crippen molar-refractivity contribution in [1.29, 1.82) is 0 Å². The molecular weight excluding hydrogens is 287 g/mol. The number of nitrogens with two attached hydrogens (primary N) is 1. The summed E-state index contributed by atoms with van der Waals surface area (Å²) in [5, 5.41) is 0.264. The molecule has 1 amide bonds. The molecule has 0 aliphatic rings. The van der Waals surface area contributed by atoms with Crippen LogP contribution in [0, 0.1) is 0 Å². The molecular formula is C12H20Cl2N4O. The molecule has 1 aromatic rings. The number of hydrogen-bond acceptors (Lipinski definition) is 4. The van der Waals surface area contributed by atoms with E-state index in [1.807, 2.05) is 20.8 Å². The zero-order chi connectivity index (χ0) is 13.9. The first kappa shape index (κ1) is 18.1. The number of hydrogen-bond donors (Lipinski definition) is 1. The van der Waals surface area contributed by atoms with Crippen LogP contribution in [0.15, 0.2) is 6.20 Å². The summed E-state index contributed by atoms with van der Waals surface area (Å²) in [7, 11) is 1.69. The van der Waals surface area contributed by atoms with Crippen molar-refractivity contribution < 1.29 is 4.79 Å². The molecule has 0 fully saturated rings. The fourth-order valence-electron chi connectivity index (χ4n) is 1.33. The highest BCUT2D eigenvalue weighted by Gasteiger charge is 2.21. The van der Waals surface area contributed by atoms with E-state index in [1.165, 1.54) is 6.20 Å². The Bertz CT molecular complexity index is 440. The van der Waals surface area contributed by atoms with Gasteiger partial charge in [0.15, 0.2) is 5.69 Å². The summed E-state index contributed by atoms with van der Waals surface area (Å²) in [4.78, 5) is 22.1. The molecule has 108 valence electrons. The van der Waals surface area contributed by atoms with Crippen LogP contribution in [-0.2, 0) is 0 Å². The monoisotopic (exact) mass is 306 g/mol. The second-order valence-corrected chi connectivity index (χ2v) is 4.99. The summed E-state index contributed by atoms with van der Waals surface area (Å²) in [6.07, 6.45) is 1.47. The van der Waals surface area contributed by atoms with E-state index >= 15 is 0 Å². The molecule has 0 aliphatic heterocycles. The lowest BCUT2D eigenvalue weighted by Gasteiger charge is -2.23. The van der Waals surface area contributed by atoms with E-state index in [0.29, 0.717) is 12.4 Å². The Morgan fingerprint density at radius 1 is 1.47 bits per heavy atom. The summed E-state index contributed by atoms with van der Waals surface area (Å²) >= 11 is 5.98. The van der Waals surface area contributed by atoms with Crippen molar-refractivity contribution in [2.24, 2.45) is 5.73 Å². The van der Waals surface area contributed by atoms with Crippen molar-refractivity contribution in [3.63, 3.8) is 0 Å². The van der Waals surface area contributed by atoms with Crippen LogP contribution < -0.4 is 5.73 Å². The maximum absolute atomic E-state index is 12.2. The molecule has 1 heterocycles. The van der Waals surface area contributed by atoms with E-state index in [-0.39, 0.29) is 41.0 Å². The number of carbonyl (C=O) groups is 1. The molecule has 0 saturated carbocycles. The van der Waals surface area contributed by atoms with Gasteiger partial charge in [-0.1, -0.05) is 25.4 Å². The molecule has 0 saturated heterocycles. The lowest BCUT2D eigenvalue weighted by molar-refractivity contribution is 0.0742. The van der Waals surface area contributed by atoms with Crippen LogP contribution in [0.25, 0.3) is 0 Å². The van der Waals surface area contributed by atoms with Crippen molar-refractivity contribution in [3.05, 3.63) is 22.7 Å². The summed E-state index contributed by atoms with van der Waals surface area (Å²) in [6.45, 7) is 6.19. The number of carbonyl (C=O) groups excluding carboxylic acids is 1. The standard InChI is InChI=1S/C12H19ClN4O.ClH/c1-7(2)11-15-6-9(13)10(16-11)12(18)17(4)8(3)5-14;/h6-8H,5,14H2,1-4H3;1H. The molecule has 2 N–H and O–H groups in total. The number of amides is 1. The van der Waals surface area contributed by atoms with Gasteiger partial charge in [-0.05, 0) is 6.92 Å². The van der Waals surface area contributed by atoms with Gasteiger partial charge in [-0.3, -0.25) is 4.79 Å². The third-order valence-electron chi connectivity index (χ3n) is 2.80. The van der Waals surface area contributed by atoms with Crippen molar-refractivity contribution in [2.45, 2.75) is 32.7 Å². The third-order valence-corrected chi connectivity index (χ3v) is 3.08. The van der Waals surface area contributed by atoms with Gasteiger partial charge in [0.05, 0.1) is 11.2 Å². The van der Waals surface area contributed by atoms with Crippen molar-refractivity contribution in [1.82, 2.24) is 14.9 Å². The molecule has 0 spiro atoms. The van der Waals surface area contributed by atoms with E-state index in [9.17, 15) is 4.79 Å². The predicted octanol–water partition coefficient (Wildman–Crippen LogP) is 2.09. The zero-order valence-electron chi connectivity index (χ0n) is 11.6. The lowest BCUT2D eigenvalue weighted by Crippen LogP contribution is -2.40. The number of nitrogens with zero attached hydrogens (tertiary/aromatic N) is 3. The van der Waals surface area contributed by atoms with Gasteiger partial charge in [0.2, 0.25) is 0 Å². The van der Waals surface area contributed by atoms with Gasteiger partial charge in [-0.2, -0.15) is 0 Å². The molecule has 7 heteroatoms. The molecule has 5 nitrogen and oxygen atoms in total. The van der Waals surface area contributed by atoms with Gasteiger partial charge in [-0.25, -0.2) is 9.97 Å². The Hall–Kier alpha value is -0.910. The topological polar surface area (TPSA) is 72.1 Å². The van der Waals surface area contributed by atoms with Crippen LogP contribution in [-0.4, -0.2) is 40.4 Å². The Labute approximate surface area is 125 Å². The average Bonchev–Trinajstić information content (AvgIpc) is 2.36. The summed E-state index contributed by atoms with van der Waals surface area (Å²) in [5.74, 6) is 0.518. The van der Waals surface area contributed by atoms with Crippen LogP contribution in [0.1, 0.15) is 43.0 Å². The molecule has 0 aliphatic carbocycles. The summed E-state index contributed by atoms with van der Waals surface area (Å²) in [6, 6.07) is -0.0639. The quantitative estimate of drug-likeness (QED) is 0.924. The zero-order valence-corrected chi connectivity index (χ0v) is 13.1. The molecule has 1 atom stereocenters. The second-order valence-electron chi connectivity index (χ2n) is 4.58. The van der Waals surface area contributed by atoms with E-state index in [1.54, 1.807) is 11.9 Å². The second kappa shape index (κ2) is 7.62. The smallest absolute Gasteiger partial charge is 0.274 e. The predicted molar refractivity (Wildman–Crippen MR) is 79.0 cm³/mol. The maximum atomic E-state index is 12.2. The van der Waals surface area contributed by atoms with E-state index in [0.717, 1.165) is 0 Å². The molecule has 1 rings (SSSR count). The number of halogens is 2. The summed E-state index contributed by atoms with van der Waals surface area (Å²) in [5.41, 5.74) is 5.78. The number of likely N-dealkylation sites (N-methyl/N-ethyl adjacent to an activating group) is 1. The van der Waals surface area contributed by atoms with Gasteiger partial charge in [0.25, 0.3) is 5.91 Å². The molecule has 0 bridgehead atoms. The van der Waals surface area contributed by atoms with Crippen molar-refractivity contribution in [3.8, 4) is 0 Å². The van der Waals surface area contributed by atoms with Gasteiger partial charge >= 0.3 is 0 Å². The third kappa shape index (κ3) is 4.30. The fraction of sp³-hybridized carbons (Fsp3) is 0.583. The Morgan fingerprint density at radius 2 is 2.05 bits per heavy atom. The largest absolute Gasteiger partial charge is 0.336 e. The average molecular weight is 307 g/mol. The molecule has 1 aromatic heterocycles. The molecule has 19 heavy (non-hydrogen) atoms. The van der Waals surface area contributed by atoms with Crippen LogP contribution in [0.3, 0.4) is 0 Å². The molecule has 0 aromatic carbocycles. The Morgan fingerprint density at radius 3 is 2.53 bits per heavy atom. The molecule has 0 radical (unpaired) electrons. The number of rotatable bonds is 4. The summed E-state index contributed by atoms with van der Waals surface area (Å²) < 4.78 is 0. The van der Waals surface area contributed by atoms with Gasteiger partial charge < -0.3 is 10.6 Å². The minimum absolute atomic E-state index is 0. The van der Waals surface area contributed by atoms with Gasteiger partial charge in [0.1, 0.15) is 5.82 Å². The van der Waals surface area contributed by atoms with E-state index < -0.39 is 0 Å². The fourth-order valence-corrected chi connectivity index (χ4v) is 1.51. The van der Waals surface area contributed by atoms with Crippen LogP contribution >= 0.6 is 24.0 Å². The highest BCUT2D eigenvalue weighted by atomic mass is 35.5. The SMILES string of the molecule is CC(C)c1ncc(Cl)c(C(=O)N(C)C(C)CN)n1.Cl. The Balaban J connectivity index is 0.00000324. The van der Waals surface area contributed by atoms with Crippen molar-refractivity contribution in [2.75, 3.05) is 13.6 Å². The van der Waals surface area contributed by atoms with Crippen molar-refractivity contribution >= 4 is 29.9 Å². The minimum Gasteiger partial charge on any atom is -0.336 e. The van der Waals surface area contributed by atoms with E-state index in [4.69, 9.17) is 17.3 Å². The highest BCUT2D eigenvalue weighted by Crippen LogP contribution is 2.18. The highest BCUT2D eigenvalue weighted by molar-refractivity contribution is 6.33. The first-order valence-corrected chi connectivity index (χ1v) is 6.26. The minimum atomic E-state index is -0.234. The molecule has 1 unspecified atom stereocenters. The van der Waals surface area contributed by atoms with Gasteiger partial charge in [-0.15, -0.1) is 12.4 Å². The van der Waals surface area contributed by atoms with Crippen LogP contribution in [0.4, 0.5) is 0 Å². The number of aromatic nitrogens is 2. The normalized spacial score (nSPS) is 11.9.